The highest BCUT2D eigenvalue weighted by molar-refractivity contribution is 5.86. The molecule has 1 amide bonds. The maximum Gasteiger partial charge on any atom is 0.307 e. The number of carboxylic acids is 1. The van der Waals surface area contributed by atoms with Gasteiger partial charge in [0.05, 0.1) is 24.1 Å². The topological polar surface area (TPSA) is 92.2 Å². The Kier molecular flexibility index (Phi) is 3.22. The number of allylic oxidation sites excluding steroid dienone is 2. The molecule has 0 aliphatic heterocycles. The Bertz CT molecular complexity index is 558. The van der Waals surface area contributed by atoms with Gasteiger partial charge in [-0.2, -0.15) is 10.2 Å². The second kappa shape index (κ2) is 5.03. The maximum atomic E-state index is 12.3. The predicted octanol–water partition coefficient (Wildman–Crippen LogP) is 0.616. The van der Waals surface area contributed by atoms with Crippen LogP contribution in [0.15, 0.2) is 30.5 Å². The number of carboxylic acid groups (broad SMARTS) is 1. The number of carbonyl (C=O) groups excluding carboxylic acids is 1. The van der Waals surface area contributed by atoms with Gasteiger partial charge in [0.15, 0.2) is 0 Å². The average molecular weight is 273 g/mol. The molecule has 2 N–H and O–H groups in total. The predicted molar refractivity (Wildman–Crippen MR) is 69.2 cm³/mol. The van der Waals surface area contributed by atoms with Gasteiger partial charge in [0.1, 0.15) is 0 Å². The molecule has 0 radical (unpaired) electrons. The number of nitrogens with one attached hydrogen (secondary N) is 1. The molecule has 1 aromatic rings. The van der Waals surface area contributed by atoms with Gasteiger partial charge in [0.25, 0.3) is 0 Å². The fraction of sp³-hybridized carbons (Fsp3) is 0.429. The highest BCUT2D eigenvalue weighted by Gasteiger charge is 2.51. The van der Waals surface area contributed by atoms with E-state index in [1.807, 2.05) is 12.2 Å². The van der Waals surface area contributed by atoms with E-state index in [1.54, 1.807) is 18.3 Å². The number of aliphatic carboxylic acids is 1. The van der Waals surface area contributed by atoms with Crippen molar-refractivity contribution in [2.75, 3.05) is 0 Å². The number of rotatable bonds is 4. The summed E-state index contributed by atoms with van der Waals surface area (Å²) >= 11 is 0. The van der Waals surface area contributed by atoms with Crippen molar-refractivity contribution in [2.24, 2.45) is 23.7 Å². The monoisotopic (exact) mass is 273 g/mol. The minimum atomic E-state index is -0.887. The normalized spacial score (nSPS) is 30.4. The van der Waals surface area contributed by atoms with Crippen LogP contribution in [0.1, 0.15) is 12.1 Å². The van der Waals surface area contributed by atoms with Crippen molar-refractivity contribution in [1.29, 1.82) is 0 Å². The summed E-state index contributed by atoms with van der Waals surface area (Å²) in [5.74, 6) is -2.14. The van der Waals surface area contributed by atoms with Gasteiger partial charge in [0.2, 0.25) is 5.91 Å². The quantitative estimate of drug-likeness (QED) is 0.784. The Morgan fingerprint density at radius 2 is 2.05 bits per heavy atom. The molecule has 6 heteroatoms. The average Bonchev–Trinajstić information content (AvgIpc) is 3.06. The third-order valence-electron chi connectivity index (χ3n) is 4.12. The summed E-state index contributed by atoms with van der Waals surface area (Å²) in [4.78, 5) is 23.6. The number of hydrogen-bond donors (Lipinski definition) is 2. The Morgan fingerprint density at radius 3 is 2.70 bits per heavy atom. The van der Waals surface area contributed by atoms with Gasteiger partial charge in [-0.1, -0.05) is 12.2 Å². The van der Waals surface area contributed by atoms with E-state index >= 15 is 0 Å². The Labute approximate surface area is 115 Å². The van der Waals surface area contributed by atoms with Crippen molar-refractivity contribution in [3.05, 3.63) is 36.2 Å². The number of amides is 1. The number of carbonyl (C=O) groups is 2. The van der Waals surface area contributed by atoms with Gasteiger partial charge in [-0.15, -0.1) is 0 Å². The van der Waals surface area contributed by atoms with Crippen LogP contribution in [-0.2, 0) is 16.1 Å². The van der Waals surface area contributed by atoms with Gasteiger partial charge in [-0.25, -0.2) is 0 Å². The molecule has 0 aromatic carbocycles. The standard InChI is InChI=1S/C14H15N3O3/c18-13(15-7-10-2-1-5-16-17-10)11-8-3-4-9(6-8)12(11)14(19)20/h1-5,8-9,11-12H,6-7H2,(H,15,18)(H,19,20)/t8?,9?,11-,12+/m0/s1. The van der Waals surface area contributed by atoms with E-state index in [0.717, 1.165) is 6.42 Å². The molecule has 2 aliphatic rings. The third-order valence-corrected chi connectivity index (χ3v) is 4.12. The molecule has 1 fully saturated rings. The zero-order valence-electron chi connectivity index (χ0n) is 10.8. The molecule has 0 spiro atoms. The lowest BCUT2D eigenvalue weighted by Crippen LogP contribution is -2.40. The van der Waals surface area contributed by atoms with Gasteiger partial charge >= 0.3 is 5.97 Å². The molecule has 4 atom stereocenters. The third kappa shape index (κ3) is 2.17. The molecular weight excluding hydrogens is 258 g/mol. The van der Waals surface area contributed by atoms with Crippen molar-refractivity contribution in [3.8, 4) is 0 Å². The molecule has 20 heavy (non-hydrogen) atoms. The van der Waals surface area contributed by atoms with E-state index in [2.05, 4.69) is 15.5 Å². The molecule has 6 nitrogen and oxygen atoms in total. The minimum Gasteiger partial charge on any atom is -0.481 e. The SMILES string of the molecule is O=C(O)[C@@H]1C2C=CC(C2)[C@@H]1C(=O)NCc1cccnn1. The Morgan fingerprint density at radius 1 is 1.30 bits per heavy atom. The molecular formula is C14H15N3O3. The second-order valence-electron chi connectivity index (χ2n) is 5.27. The summed E-state index contributed by atoms with van der Waals surface area (Å²) in [5.41, 5.74) is 0.659. The highest BCUT2D eigenvalue weighted by Crippen LogP contribution is 2.48. The van der Waals surface area contributed by atoms with Crippen LogP contribution in [0.25, 0.3) is 0 Å². The van der Waals surface area contributed by atoms with Gasteiger partial charge in [-0.3, -0.25) is 9.59 Å². The molecule has 2 bridgehead atoms. The lowest BCUT2D eigenvalue weighted by molar-refractivity contribution is -0.147. The highest BCUT2D eigenvalue weighted by atomic mass is 16.4. The molecule has 2 unspecified atom stereocenters. The first-order valence-corrected chi connectivity index (χ1v) is 6.62. The zero-order valence-corrected chi connectivity index (χ0v) is 10.8. The van der Waals surface area contributed by atoms with Crippen LogP contribution in [0, 0.1) is 23.7 Å². The van der Waals surface area contributed by atoms with E-state index in [4.69, 9.17) is 0 Å². The summed E-state index contributed by atoms with van der Waals surface area (Å²) in [7, 11) is 0. The lowest BCUT2D eigenvalue weighted by Gasteiger charge is -2.23. The molecule has 1 heterocycles. The number of hydrogen-bond acceptors (Lipinski definition) is 4. The fourth-order valence-corrected chi connectivity index (χ4v) is 3.24. The van der Waals surface area contributed by atoms with E-state index in [0.29, 0.717) is 5.69 Å². The number of aromatic nitrogens is 2. The van der Waals surface area contributed by atoms with Crippen LogP contribution < -0.4 is 5.32 Å². The summed E-state index contributed by atoms with van der Waals surface area (Å²) < 4.78 is 0. The second-order valence-corrected chi connectivity index (χ2v) is 5.27. The van der Waals surface area contributed by atoms with Crippen molar-refractivity contribution in [1.82, 2.24) is 15.5 Å². The summed E-state index contributed by atoms with van der Waals surface area (Å²) in [5, 5.41) is 19.7. The summed E-state index contributed by atoms with van der Waals surface area (Å²) in [6.45, 7) is 0.274. The fourth-order valence-electron chi connectivity index (χ4n) is 3.24. The van der Waals surface area contributed by atoms with E-state index < -0.39 is 17.8 Å². The van der Waals surface area contributed by atoms with Crippen molar-refractivity contribution in [3.63, 3.8) is 0 Å². The van der Waals surface area contributed by atoms with Crippen LogP contribution >= 0.6 is 0 Å². The molecule has 2 aliphatic carbocycles. The van der Waals surface area contributed by atoms with Crippen molar-refractivity contribution < 1.29 is 14.7 Å². The Balaban J connectivity index is 1.68. The molecule has 3 rings (SSSR count). The molecule has 0 saturated heterocycles. The molecule has 104 valence electrons. The Hall–Kier alpha value is -2.24. The van der Waals surface area contributed by atoms with Crippen LogP contribution in [0.2, 0.25) is 0 Å². The first-order valence-electron chi connectivity index (χ1n) is 6.62. The van der Waals surface area contributed by atoms with E-state index in [-0.39, 0.29) is 24.3 Å². The van der Waals surface area contributed by atoms with Crippen LogP contribution in [0.5, 0.6) is 0 Å². The summed E-state index contributed by atoms with van der Waals surface area (Å²) in [6.07, 6.45) is 6.22. The van der Waals surface area contributed by atoms with E-state index in [1.165, 1.54) is 0 Å². The minimum absolute atomic E-state index is 0.00948. The van der Waals surface area contributed by atoms with Crippen LogP contribution in [0.3, 0.4) is 0 Å². The van der Waals surface area contributed by atoms with Crippen LogP contribution in [0.4, 0.5) is 0 Å². The molecule has 1 saturated carbocycles. The maximum absolute atomic E-state index is 12.3. The van der Waals surface area contributed by atoms with Gasteiger partial charge in [0, 0.05) is 6.20 Å². The number of nitrogens with zero attached hydrogens (tertiary/aromatic N) is 2. The smallest absolute Gasteiger partial charge is 0.307 e. The largest absolute Gasteiger partial charge is 0.481 e. The first-order chi connectivity index (χ1) is 9.66. The number of fused-ring (bicyclic) bond motifs is 2. The first kappa shape index (κ1) is 12.8. The lowest BCUT2D eigenvalue weighted by atomic mass is 9.82. The van der Waals surface area contributed by atoms with Crippen molar-refractivity contribution in [2.45, 2.75) is 13.0 Å². The van der Waals surface area contributed by atoms with Gasteiger partial charge < -0.3 is 10.4 Å². The van der Waals surface area contributed by atoms with E-state index in [9.17, 15) is 14.7 Å². The summed E-state index contributed by atoms with van der Waals surface area (Å²) in [6, 6.07) is 3.51. The van der Waals surface area contributed by atoms with Gasteiger partial charge in [-0.05, 0) is 30.4 Å². The zero-order chi connectivity index (χ0) is 14.1. The molecule has 1 aromatic heterocycles. The van der Waals surface area contributed by atoms with Crippen LogP contribution in [-0.4, -0.2) is 27.2 Å². The van der Waals surface area contributed by atoms with Crippen molar-refractivity contribution >= 4 is 11.9 Å².